The number of nitrogens with one attached hydrogen (secondary N) is 1. The van der Waals surface area contributed by atoms with E-state index in [0.717, 1.165) is 31.3 Å². The number of furan rings is 1. The van der Waals surface area contributed by atoms with Crippen LogP contribution in [-0.4, -0.2) is 26.2 Å². The maximum Gasteiger partial charge on any atom is 0.287 e. The summed E-state index contributed by atoms with van der Waals surface area (Å²) in [5.41, 5.74) is 7.28. The normalized spacial score (nSPS) is 16.0. The highest BCUT2D eigenvalue weighted by molar-refractivity contribution is 5.96. The molecule has 0 atom stereocenters. The number of rotatable bonds is 6. The molecule has 1 aliphatic rings. The summed E-state index contributed by atoms with van der Waals surface area (Å²) < 4.78 is 10.7. The van der Waals surface area contributed by atoms with E-state index >= 15 is 0 Å². The van der Waals surface area contributed by atoms with Gasteiger partial charge in [-0.2, -0.15) is 0 Å². The summed E-state index contributed by atoms with van der Waals surface area (Å²) in [7, 11) is 1.70. The fourth-order valence-electron chi connectivity index (χ4n) is 2.54. The zero-order valence-electron chi connectivity index (χ0n) is 12.1. The third-order valence-corrected chi connectivity index (χ3v) is 4.18. The van der Waals surface area contributed by atoms with Crippen molar-refractivity contribution in [3.05, 3.63) is 30.0 Å². The zero-order valence-corrected chi connectivity index (χ0v) is 12.1. The van der Waals surface area contributed by atoms with Gasteiger partial charge in [0.05, 0.1) is 0 Å². The van der Waals surface area contributed by atoms with Gasteiger partial charge in [0.15, 0.2) is 5.76 Å². The Kier molecular flexibility index (Phi) is 3.59. The van der Waals surface area contributed by atoms with Crippen LogP contribution in [0.3, 0.4) is 0 Å². The van der Waals surface area contributed by atoms with Crippen molar-refractivity contribution in [2.75, 3.05) is 26.0 Å². The van der Waals surface area contributed by atoms with E-state index in [1.165, 1.54) is 0 Å². The number of methoxy groups -OCH3 is 1. The van der Waals surface area contributed by atoms with Gasteiger partial charge < -0.3 is 20.2 Å². The second-order valence-corrected chi connectivity index (χ2v) is 5.83. The summed E-state index contributed by atoms with van der Waals surface area (Å²) in [5, 5.41) is 3.81. The molecule has 1 aromatic heterocycles. The molecule has 1 heterocycles. The first-order chi connectivity index (χ1) is 10.1. The van der Waals surface area contributed by atoms with E-state index in [-0.39, 0.29) is 11.3 Å². The molecular weight excluding hydrogens is 268 g/mol. The van der Waals surface area contributed by atoms with E-state index in [1.54, 1.807) is 31.4 Å². The number of hydrogen-bond acceptors (Lipinski definition) is 4. The molecule has 112 valence electrons. The lowest BCUT2D eigenvalue weighted by molar-refractivity contribution is 0.0912. The fourth-order valence-corrected chi connectivity index (χ4v) is 2.54. The number of carbonyl (C=O) groups is 1. The van der Waals surface area contributed by atoms with Gasteiger partial charge in [-0.25, -0.2) is 0 Å². The van der Waals surface area contributed by atoms with E-state index in [0.29, 0.717) is 23.6 Å². The van der Waals surface area contributed by atoms with Crippen molar-refractivity contribution in [1.29, 1.82) is 0 Å². The van der Waals surface area contributed by atoms with Gasteiger partial charge in [0, 0.05) is 31.3 Å². The van der Waals surface area contributed by atoms with Crippen LogP contribution in [0.1, 0.15) is 29.8 Å². The monoisotopic (exact) mass is 288 g/mol. The van der Waals surface area contributed by atoms with Gasteiger partial charge in [-0.1, -0.05) is 0 Å². The first-order valence-corrected chi connectivity index (χ1v) is 7.18. The van der Waals surface area contributed by atoms with Gasteiger partial charge in [-0.15, -0.1) is 0 Å². The highest BCUT2D eigenvalue weighted by atomic mass is 16.5. The minimum absolute atomic E-state index is 0.173. The number of fused-ring (bicyclic) bond motifs is 1. The van der Waals surface area contributed by atoms with Crippen LogP contribution in [0.15, 0.2) is 28.7 Å². The molecule has 1 amide bonds. The molecule has 0 saturated heterocycles. The number of hydrogen-bond donors (Lipinski definition) is 2. The van der Waals surface area contributed by atoms with Crippen molar-refractivity contribution in [3.63, 3.8) is 0 Å². The third-order valence-electron chi connectivity index (χ3n) is 4.18. The van der Waals surface area contributed by atoms with Crippen LogP contribution in [0, 0.1) is 5.41 Å². The summed E-state index contributed by atoms with van der Waals surface area (Å²) in [6.07, 6.45) is 3.28. The second kappa shape index (κ2) is 5.41. The Morgan fingerprint density at radius 3 is 2.95 bits per heavy atom. The van der Waals surface area contributed by atoms with E-state index in [9.17, 15) is 4.79 Å². The summed E-state index contributed by atoms with van der Waals surface area (Å²) in [5.74, 6) is 0.159. The molecule has 0 bridgehead atoms. The molecule has 21 heavy (non-hydrogen) atoms. The van der Waals surface area contributed by atoms with Crippen LogP contribution in [-0.2, 0) is 4.74 Å². The minimum atomic E-state index is -0.173. The lowest BCUT2D eigenvalue weighted by Crippen LogP contribution is -2.30. The van der Waals surface area contributed by atoms with Crippen molar-refractivity contribution in [1.82, 2.24) is 5.32 Å². The molecule has 1 aliphatic carbocycles. The first-order valence-electron chi connectivity index (χ1n) is 7.18. The molecule has 0 aliphatic heterocycles. The van der Waals surface area contributed by atoms with E-state index < -0.39 is 0 Å². The number of benzene rings is 1. The van der Waals surface area contributed by atoms with Crippen LogP contribution < -0.4 is 11.1 Å². The van der Waals surface area contributed by atoms with Crippen molar-refractivity contribution in [3.8, 4) is 0 Å². The number of anilines is 1. The molecule has 1 saturated carbocycles. The molecule has 1 aromatic carbocycles. The summed E-state index contributed by atoms with van der Waals surface area (Å²) >= 11 is 0. The van der Waals surface area contributed by atoms with Crippen molar-refractivity contribution in [2.24, 2.45) is 5.41 Å². The van der Waals surface area contributed by atoms with Gasteiger partial charge in [0.2, 0.25) is 0 Å². The number of nitrogens with two attached hydrogens (primary N) is 1. The standard InChI is InChI=1S/C16H20N2O3/c1-20-7-6-16(4-5-16)10-18-15(19)14-9-11-8-12(17)2-3-13(11)21-14/h2-3,8-9H,4-7,10,17H2,1H3,(H,18,19). The zero-order chi connectivity index (χ0) is 14.9. The molecule has 0 radical (unpaired) electrons. The van der Waals surface area contributed by atoms with Gasteiger partial charge in [0.25, 0.3) is 5.91 Å². The van der Waals surface area contributed by atoms with Gasteiger partial charge in [-0.05, 0) is 48.9 Å². The molecule has 5 nitrogen and oxygen atoms in total. The second-order valence-electron chi connectivity index (χ2n) is 5.83. The molecule has 0 spiro atoms. The number of ether oxygens (including phenoxy) is 1. The lowest BCUT2D eigenvalue weighted by atomic mass is 10.0. The highest BCUT2D eigenvalue weighted by Crippen LogP contribution is 2.48. The molecule has 0 unspecified atom stereocenters. The third kappa shape index (κ3) is 3.03. The number of nitrogen functional groups attached to an aromatic ring is 1. The van der Waals surface area contributed by atoms with Crippen LogP contribution >= 0.6 is 0 Å². The SMILES string of the molecule is COCCC1(CNC(=O)c2cc3cc(N)ccc3o2)CC1. The quantitative estimate of drug-likeness (QED) is 0.801. The van der Waals surface area contributed by atoms with Crippen molar-refractivity contribution in [2.45, 2.75) is 19.3 Å². The molecule has 3 N–H and O–H groups in total. The average Bonchev–Trinajstić information content (AvgIpc) is 3.13. The largest absolute Gasteiger partial charge is 0.451 e. The maximum atomic E-state index is 12.2. The van der Waals surface area contributed by atoms with Gasteiger partial charge in [0.1, 0.15) is 5.58 Å². The van der Waals surface area contributed by atoms with E-state index in [4.69, 9.17) is 14.9 Å². The predicted octanol–water partition coefficient (Wildman–Crippen LogP) is 2.56. The van der Waals surface area contributed by atoms with E-state index in [1.807, 2.05) is 0 Å². The topological polar surface area (TPSA) is 77.5 Å². The molecule has 2 aromatic rings. The Balaban J connectivity index is 1.64. The molecule has 1 fully saturated rings. The number of amides is 1. The molecule has 5 heteroatoms. The summed E-state index contributed by atoms with van der Waals surface area (Å²) in [6, 6.07) is 7.08. The van der Waals surface area contributed by atoms with Crippen LogP contribution in [0.5, 0.6) is 0 Å². The van der Waals surface area contributed by atoms with Crippen LogP contribution in [0.2, 0.25) is 0 Å². The highest BCUT2D eigenvalue weighted by Gasteiger charge is 2.42. The Hall–Kier alpha value is -2.01. The molecule has 3 rings (SSSR count). The Morgan fingerprint density at radius 2 is 2.24 bits per heavy atom. The summed E-state index contributed by atoms with van der Waals surface area (Å²) in [4.78, 5) is 12.2. The summed E-state index contributed by atoms with van der Waals surface area (Å²) in [6.45, 7) is 1.41. The van der Waals surface area contributed by atoms with Crippen LogP contribution in [0.4, 0.5) is 5.69 Å². The first kappa shape index (κ1) is 13.9. The Bertz CT molecular complexity index is 659. The maximum absolute atomic E-state index is 12.2. The van der Waals surface area contributed by atoms with Gasteiger partial charge >= 0.3 is 0 Å². The number of carbonyl (C=O) groups excluding carboxylic acids is 1. The van der Waals surface area contributed by atoms with Crippen LogP contribution in [0.25, 0.3) is 11.0 Å². The fraction of sp³-hybridized carbons (Fsp3) is 0.438. The molecular formula is C16H20N2O3. The minimum Gasteiger partial charge on any atom is -0.451 e. The van der Waals surface area contributed by atoms with E-state index in [2.05, 4.69) is 5.32 Å². The van der Waals surface area contributed by atoms with Crippen molar-refractivity contribution < 1.29 is 13.9 Å². The predicted molar refractivity (Wildman–Crippen MR) is 81.1 cm³/mol. The smallest absolute Gasteiger partial charge is 0.287 e. The van der Waals surface area contributed by atoms with Gasteiger partial charge in [-0.3, -0.25) is 4.79 Å². The Labute approximate surface area is 123 Å². The lowest BCUT2D eigenvalue weighted by Gasteiger charge is -2.14. The average molecular weight is 288 g/mol. The van der Waals surface area contributed by atoms with Crippen molar-refractivity contribution >= 4 is 22.6 Å². The Morgan fingerprint density at radius 1 is 1.43 bits per heavy atom.